The molecular formula is C8H10N6O2. The number of amides is 2. The lowest BCUT2D eigenvalue weighted by Crippen LogP contribution is -2.25. The number of nitrogens with one attached hydrogen (secondary N) is 3. The second kappa shape index (κ2) is 4.51. The molecule has 0 spiro atoms. The number of hydrogen-bond donors (Lipinski definition) is 3. The maximum atomic E-state index is 10.8. The highest BCUT2D eigenvalue weighted by Crippen LogP contribution is 1.94. The summed E-state index contributed by atoms with van der Waals surface area (Å²) in [7, 11) is 0. The molecule has 8 nitrogen and oxygen atoms in total. The zero-order valence-electron chi connectivity index (χ0n) is 8.36. The smallest absolute Gasteiger partial charge is 0.288 e. The van der Waals surface area contributed by atoms with Crippen LogP contribution in [0.1, 0.15) is 12.2 Å². The summed E-state index contributed by atoms with van der Waals surface area (Å²) in [5.74, 6) is -0.338. The van der Waals surface area contributed by atoms with Crippen molar-refractivity contribution in [3.63, 3.8) is 0 Å². The summed E-state index contributed by atoms with van der Waals surface area (Å²) in [6.07, 6.45) is 2.92. The molecule has 16 heavy (non-hydrogen) atoms. The molecule has 1 aromatic rings. The lowest BCUT2D eigenvalue weighted by Gasteiger charge is -1.96. The van der Waals surface area contributed by atoms with Crippen molar-refractivity contribution >= 4 is 17.8 Å². The molecule has 0 unspecified atom stereocenters. The van der Waals surface area contributed by atoms with Crippen molar-refractivity contribution in [3.05, 3.63) is 12.2 Å². The van der Waals surface area contributed by atoms with E-state index in [-0.39, 0.29) is 5.96 Å². The number of rotatable bonds is 4. The van der Waals surface area contributed by atoms with E-state index < -0.39 is 11.8 Å². The fraction of sp³-hybridized carbons (Fsp3) is 0.375. The summed E-state index contributed by atoms with van der Waals surface area (Å²) < 4.78 is 0. The van der Waals surface area contributed by atoms with E-state index in [2.05, 4.69) is 30.8 Å². The lowest BCUT2D eigenvalue weighted by molar-refractivity contribution is -0.135. The van der Waals surface area contributed by atoms with Gasteiger partial charge in [-0.05, 0) is 6.42 Å². The molecule has 84 valence electrons. The largest absolute Gasteiger partial charge is 0.316 e. The summed E-state index contributed by atoms with van der Waals surface area (Å²) in [5.41, 5.74) is 0. The number of aryl methyl sites for hydroxylation is 1. The molecule has 8 heteroatoms. The predicted octanol–water partition coefficient (Wildman–Crippen LogP) is -1.66. The molecule has 1 aliphatic rings. The number of nitrogens with zero attached hydrogens (tertiary/aromatic N) is 3. The van der Waals surface area contributed by atoms with Gasteiger partial charge in [0.05, 0.1) is 0 Å². The molecule has 2 rings (SSSR count). The van der Waals surface area contributed by atoms with Crippen molar-refractivity contribution in [2.45, 2.75) is 12.8 Å². The Balaban J connectivity index is 1.74. The first-order valence-electron chi connectivity index (χ1n) is 4.77. The fourth-order valence-corrected chi connectivity index (χ4v) is 1.23. The van der Waals surface area contributed by atoms with Gasteiger partial charge in [-0.3, -0.25) is 30.3 Å². The molecule has 0 aliphatic carbocycles. The van der Waals surface area contributed by atoms with Crippen LogP contribution in [0.3, 0.4) is 0 Å². The summed E-state index contributed by atoms with van der Waals surface area (Å²) in [5, 5.41) is 11.1. The fourth-order valence-electron chi connectivity index (χ4n) is 1.23. The standard InChI is InChI=1S/C8H10N6O2/c15-6-7(16)13-8(12-6)9-3-1-2-5-10-4-11-14-5/h4H,1-3H2,(H,10,11,14)(H2,9,12,13,15,16). The summed E-state index contributed by atoms with van der Waals surface area (Å²) >= 11 is 0. The highest BCUT2D eigenvalue weighted by molar-refractivity contribution is 6.45. The van der Waals surface area contributed by atoms with Gasteiger partial charge in [-0.1, -0.05) is 0 Å². The SMILES string of the molecule is O=C1NC(=NCCCc2ncn[nH]2)NC1=O. The van der Waals surface area contributed by atoms with Gasteiger partial charge in [-0.25, -0.2) is 4.98 Å². The Hall–Kier alpha value is -2.25. The molecule has 3 N–H and O–H groups in total. The molecule has 2 heterocycles. The monoisotopic (exact) mass is 222 g/mol. The average molecular weight is 222 g/mol. The second-order valence-corrected chi connectivity index (χ2v) is 3.17. The number of aliphatic imine (C=N–C) groups is 1. The number of carbonyl (C=O) groups excluding carboxylic acids is 2. The third kappa shape index (κ3) is 2.41. The predicted molar refractivity (Wildman–Crippen MR) is 53.3 cm³/mol. The zero-order valence-corrected chi connectivity index (χ0v) is 8.36. The Morgan fingerprint density at radius 3 is 2.62 bits per heavy atom. The van der Waals surface area contributed by atoms with Crippen molar-refractivity contribution in [2.75, 3.05) is 6.54 Å². The van der Waals surface area contributed by atoms with Crippen LogP contribution in [0.2, 0.25) is 0 Å². The number of hydrogen-bond acceptors (Lipinski definition) is 5. The Labute approximate surface area is 90.6 Å². The number of H-pyrrole nitrogens is 1. The minimum absolute atomic E-state index is 0.215. The van der Waals surface area contributed by atoms with Gasteiger partial charge in [-0.15, -0.1) is 0 Å². The topological polar surface area (TPSA) is 112 Å². The van der Waals surface area contributed by atoms with Crippen molar-refractivity contribution in [3.8, 4) is 0 Å². The third-order valence-electron chi connectivity index (χ3n) is 1.98. The minimum atomic E-state index is -0.672. The number of aromatic amines is 1. The normalized spacial score (nSPS) is 14.9. The number of carbonyl (C=O) groups is 2. The van der Waals surface area contributed by atoms with Gasteiger partial charge in [0.1, 0.15) is 12.2 Å². The Kier molecular flexibility index (Phi) is 2.90. The maximum Gasteiger partial charge on any atom is 0.316 e. The van der Waals surface area contributed by atoms with Crippen LogP contribution in [-0.4, -0.2) is 39.5 Å². The van der Waals surface area contributed by atoms with Gasteiger partial charge in [0.2, 0.25) is 5.96 Å². The van der Waals surface area contributed by atoms with Crippen molar-refractivity contribution in [1.29, 1.82) is 0 Å². The molecule has 0 radical (unpaired) electrons. The van der Waals surface area contributed by atoms with E-state index in [0.29, 0.717) is 6.54 Å². The van der Waals surface area contributed by atoms with Gasteiger partial charge in [0, 0.05) is 13.0 Å². The molecule has 0 atom stereocenters. The van der Waals surface area contributed by atoms with E-state index in [4.69, 9.17) is 0 Å². The van der Waals surface area contributed by atoms with Crippen LogP contribution < -0.4 is 10.6 Å². The Bertz CT molecular complexity index is 406. The molecule has 0 bridgehead atoms. The van der Waals surface area contributed by atoms with Crippen LogP contribution in [-0.2, 0) is 16.0 Å². The highest BCUT2D eigenvalue weighted by atomic mass is 16.2. The summed E-state index contributed by atoms with van der Waals surface area (Å²) in [6, 6.07) is 0. The molecule has 0 aromatic carbocycles. The molecule has 2 amide bonds. The van der Waals surface area contributed by atoms with Gasteiger partial charge < -0.3 is 0 Å². The van der Waals surface area contributed by atoms with Gasteiger partial charge in [0.15, 0.2) is 0 Å². The van der Waals surface area contributed by atoms with E-state index >= 15 is 0 Å². The second-order valence-electron chi connectivity index (χ2n) is 3.17. The average Bonchev–Trinajstić information content (AvgIpc) is 2.85. The molecule has 1 aliphatic heterocycles. The lowest BCUT2D eigenvalue weighted by atomic mass is 10.3. The molecular weight excluding hydrogens is 212 g/mol. The molecule has 1 aromatic heterocycles. The van der Waals surface area contributed by atoms with Crippen molar-refractivity contribution in [2.24, 2.45) is 4.99 Å². The summed E-state index contributed by atoms with van der Waals surface area (Å²) in [4.78, 5) is 29.5. The molecule has 0 saturated carbocycles. The first-order valence-corrected chi connectivity index (χ1v) is 4.77. The first-order chi connectivity index (χ1) is 7.75. The summed E-state index contributed by atoms with van der Waals surface area (Å²) in [6.45, 7) is 0.497. The van der Waals surface area contributed by atoms with E-state index in [1.807, 2.05) is 0 Å². The van der Waals surface area contributed by atoms with Gasteiger partial charge in [-0.2, -0.15) is 5.10 Å². The zero-order chi connectivity index (χ0) is 11.4. The number of guanidine groups is 1. The van der Waals surface area contributed by atoms with E-state index in [9.17, 15) is 9.59 Å². The van der Waals surface area contributed by atoms with Crippen LogP contribution in [0.25, 0.3) is 0 Å². The van der Waals surface area contributed by atoms with Crippen LogP contribution >= 0.6 is 0 Å². The van der Waals surface area contributed by atoms with Crippen LogP contribution in [0.4, 0.5) is 0 Å². The van der Waals surface area contributed by atoms with Crippen molar-refractivity contribution in [1.82, 2.24) is 25.8 Å². The first kappa shape index (κ1) is 10.3. The molecule has 1 saturated heterocycles. The third-order valence-corrected chi connectivity index (χ3v) is 1.98. The van der Waals surface area contributed by atoms with Crippen LogP contribution in [0.5, 0.6) is 0 Å². The van der Waals surface area contributed by atoms with E-state index in [1.165, 1.54) is 6.33 Å². The maximum absolute atomic E-state index is 10.8. The van der Waals surface area contributed by atoms with E-state index in [0.717, 1.165) is 18.7 Å². The Morgan fingerprint density at radius 1 is 1.25 bits per heavy atom. The van der Waals surface area contributed by atoms with Crippen LogP contribution in [0.15, 0.2) is 11.3 Å². The Morgan fingerprint density at radius 2 is 2.00 bits per heavy atom. The molecule has 1 fully saturated rings. The van der Waals surface area contributed by atoms with Gasteiger partial charge in [0.25, 0.3) is 0 Å². The quantitative estimate of drug-likeness (QED) is 0.418. The minimum Gasteiger partial charge on any atom is -0.288 e. The van der Waals surface area contributed by atoms with Crippen LogP contribution in [0, 0.1) is 0 Å². The van der Waals surface area contributed by atoms with Crippen molar-refractivity contribution < 1.29 is 9.59 Å². The highest BCUT2D eigenvalue weighted by Gasteiger charge is 2.24. The van der Waals surface area contributed by atoms with Gasteiger partial charge >= 0.3 is 11.8 Å². The number of aromatic nitrogens is 3. The van der Waals surface area contributed by atoms with E-state index in [1.54, 1.807) is 0 Å².